The lowest BCUT2D eigenvalue weighted by atomic mass is 9.87. The topological polar surface area (TPSA) is 118 Å². The molecule has 7 nitrogen and oxygen atoms in total. The van der Waals surface area contributed by atoms with Crippen molar-refractivity contribution in [1.29, 1.82) is 0 Å². The highest BCUT2D eigenvalue weighted by Crippen LogP contribution is 2.36. The van der Waals surface area contributed by atoms with Crippen LogP contribution in [-0.4, -0.2) is 20.3 Å². The average molecular weight is 451 g/mol. The Balaban J connectivity index is 1.97. The summed E-state index contributed by atoms with van der Waals surface area (Å²) in [6, 6.07) is 0.792. The molecule has 0 radical (unpaired) electrons. The van der Waals surface area contributed by atoms with Crippen molar-refractivity contribution in [3.8, 4) is 0 Å². The van der Waals surface area contributed by atoms with E-state index in [1.54, 1.807) is 19.2 Å². The second-order valence-electron chi connectivity index (χ2n) is 9.29. The molecule has 1 atom stereocenters. The Morgan fingerprint density at radius 1 is 1.30 bits per heavy atom. The maximum absolute atomic E-state index is 12.9. The molecule has 0 fully saturated rings. The number of nitrogens with one attached hydrogen (secondary N) is 1. The van der Waals surface area contributed by atoms with Crippen molar-refractivity contribution in [3.05, 3.63) is 39.5 Å². The number of aromatic nitrogens is 1. The summed E-state index contributed by atoms with van der Waals surface area (Å²) in [5.74, 6) is 0. The SMILES string of the molecule is Cc1c(C(C)(C)C)nc2c(c1NC(=O)N=[S@@](N)(=O)c1cc(C(C)(C)O)cs1)CCC2. The number of urea groups is 1. The van der Waals surface area contributed by atoms with Crippen LogP contribution in [0.4, 0.5) is 10.5 Å². The molecule has 2 amide bonds. The van der Waals surface area contributed by atoms with E-state index in [2.05, 4.69) is 30.5 Å². The molecular weight excluding hydrogens is 420 g/mol. The first-order valence-electron chi connectivity index (χ1n) is 9.90. The van der Waals surface area contributed by atoms with Crippen molar-refractivity contribution >= 4 is 33.0 Å². The first-order chi connectivity index (χ1) is 13.7. The molecule has 0 saturated carbocycles. The minimum atomic E-state index is -3.43. The summed E-state index contributed by atoms with van der Waals surface area (Å²) in [7, 11) is -3.43. The van der Waals surface area contributed by atoms with E-state index in [1.165, 1.54) is 6.07 Å². The van der Waals surface area contributed by atoms with Crippen LogP contribution in [0.5, 0.6) is 0 Å². The van der Waals surface area contributed by atoms with Gasteiger partial charge in [0, 0.05) is 11.1 Å². The first kappa shape index (κ1) is 22.9. The molecule has 4 N–H and O–H groups in total. The summed E-state index contributed by atoms with van der Waals surface area (Å²) in [5.41, 5.74) is 3.86. The van der Waals surface area contributed by atoms with Crippen LogP contribution in [0, 0.1) is 6.92 Å². The molecule has 2 aromatic rings. The number of thiophene rings is 1. The van der Waals surface area contributed by atoms with Gasteiger partial charge in [-0.05, 0) is 68.2 Å². The highest BCUT2D eigenvalue weighted by molar-refractivity contribution is 7.93. The highest BCUT2D eigenvalue weighted by atomic mass is 32.2. The van der Waals surface area contributed by atoms with E-state index >= 15 is 0 Å². The largest absolute Gasteiger partial charge is 0.386 e. The van der Waals surface area contributed by atoms with Gasteiger partial charge in [0.05, 0.1) is 17.0 Å². The quantitative estimate of drug-likeness (QED) is 0.642. The number of hydrogen-bond donors (Lipinski definition) is 3. The Morgan fingerprint density at radius 3 is 2.53 bits per heavy atom. The van der Waals surface area contributed by atoms with E-state index in [-0.39, 0.29) is 9.62 Å². The zero-order valence-corrected chi connectivity index (χ0v) is 20.0. The Morgan fingerprint density at radius 2 is 1.97 bits per heavy atom. The van der Waals surface area contributed by atoms with Crippen molar-refractivity contribution in [1.82, 2.24) is 4.98 Å². The molecule has 0 aromatic carbocycles. The number of aliphatic hydroxyl groups is 1. The van der Waals surface area contributed by atoms with Gasteiger partial charge in [-0.2, -0.15) is 0 Å². The van der Waals surface area contributed by atoms with E-state index < -0.39 is 21.5 Å². The minimum absolute atomic E-state index is 0.176. The average Bonchev–Trinajstić information content (AvgIpc) is 3.24. The number of pyridine rings is 1. The fraction of sp³-hybridized carbons (Fsp3) is 0.524. The van der Waals surface area contributed by atoms with Gasteiger partial charge >= 0.3 is 6.03 Å². The third kappa shape index (κ3) is 4.59. The van der Waals surface area contributed by atoms with Gasteiger partial charge in [-0.25, -0.2) is 14.1 Å². The number of rotatable bonds is 3. The molecule has 0 unspecified atom stereocenters. The van der Waals surface area contributed by atoms with E-state index in [0.29, 0.717) is 11.3 Å². The second kappa shape index (κ2) is 7.71. The summed E-state index contributed by atoms with van der Waals surface area (Å²) in [5, 5.41) is 20.5. The number of fused-ring (bicyclic) bond motifs is 1. The van der Waals surface area contributed by atoms with E-state index in [0.717, 1.165) is 53.1 Å². The summed E-state index contributed by atoms with van der Waals surface area (Å²) < 4.78 is 17.0. The van der Waals surface area contributed by atoms with Gasteiger partial charge in [0.15, 0.2) is 9.92 Å². The van der Waals surface area contributed by atoms with Gasteiger partial charge in [-0.15, -0.1) is 15.7 Å². The van der Waals surface area contributed by atoms with Gasteiger partial charge in [-0.3, -0.25) is 4.98 Å². The molecule has 9 heteroatoms. The van der Waals surface area contributed by atoms with E-state index in [4.69, 9.17) is 10.1 Å². The Bertz CT molecular complexity index is 1110. The molecular formula is C21H30N4O3S2. The standard InChI is InChI=1S/C21H30N4O3S2/c1-12-17(14-8-7-9-15(14)23-18(12)20(2,3)4)24-19(26)25-30(22,28)16-10-13(11-29-16)21(5,6)27/h10-11,27H,7-9H2,1-6H3,(H3,22,23,24,25,26,28)/t30-/m1/s1. The normalized spacial score (nSPS) is 16.1. The zero-order valence-electron chi connectivity index (χ0n) is 18.3. The summed E-state index contributed by atoms with van der Waals surface area (Å²) >= 11 is 1.12. The van der Waals surface area contributed by atoms with Gasteiger partial charge in [0.1, 0.15) is 4.21 Å². The van der Waals surface area contributed by atoms with Gasteiger partial charge in [0.25, 0.3) is 0 Å². The van der Waals surface area contributed by atoms with Crippen LogP contribution in [0.25, 0.3) is 0 Å². The minimum Gasteiger partial charge on any atom is -0.386 e. The number of carbonyl (C=O) groups is 1. The number of nitrogens with two attached hydrogens (primary N) is 1. The van der Waals surface area contributed by atoms with Crippen LogP contribution in [0.15, 0.2) is 20.0 Å². The predicted octanol–water partition coefficient (Wildman–Crippen LogP) is 4.40. The molecule has 30 heavy (non-hydrogen) atoms. The van der Waals surface area contributed by atoms with Gasteiger partial charge in [0.2, 0.25) is 0 Å². The fourth-order valence-corrected chi connectivity index (χ4v) is 5.95. The maximum Gasteiger partial charge on any atom is 0.354 e. The molecule has 164 valence electrons. The molecule has 0 spiro atoms. The van der Waals surface area contributed by atoms with Crippen LogP contribution < -0.4 is 10.5 Å². The number of amides is 2. The Labute approximate surface area is 182 Å². The number of hydrogen-bond acceptors (Lipinski definition) is 5. The first-order valence-corrected chi connectivity index (χ1v) is 12.4. The summed E-state index contributed by atoms with van der Waals surface area (Å²) in [6.45, 7) is 11.5. The van der Waals surface area contributed by atoms with Crippen molar-refractivity contribution in [2.24, 2.45) is 9.50 Å². The van der Waals surface area contributed by atoms with Crippen molar-refractivity contribution in [2.75, 3.05) is 5.32 Å². The van der Waals surface area contributed by atoms with Crippen molar-refractivity contribution in [2.45, 2.75) is 76.0 Å². The van der Waals surface area contributed by atoms with Gasteiger partial charge < -0.3 is 10.4 Å². The molecule has 2 heterocycles. The van der Waals surface area contributed by atoms with Crippen molar-refractivity contribution in [3.63, 3.8) is 0 Å². The van der Waals surface area contributed by atoms with Gasteiger partial charge in [-0.1, -0.05) is 20.8 Å². The summed E-state index contributed by atoms with van der Waals surface area (Å²) in [6.07, 6.45) is 2.69. The molecule has 1 aliphatic carbocycles. The zero-order chi connectivity index (χ0) is 22.5. The van der Waals surface area contributed by atoms with Crippen LogP contribution in [-0.2, 0) is 33.8 Å². The molecule has 0 saturated heterocycles. The fourth-order valence-electron chi connectivity index (χ4n) is 3.67. The smallest absolute Gasteiger partial charge is 0.354 e. The number of nitrogens with zero attached hydrogens (tertiary/aromatic N) is 2. The molecule has 1 aliphatic rings. The Hall–Kier alpha value is -1.81. The monoisotopic (exact) mass is 450 g/mol. The van der Waals surface area contributed by atoms with Crippen LogP contribution in [0.2, 0.25) is 0 Å². The lowest BCUT2D eigenvalue weighted by Crippen LogP contribution is -2.21. The van der Waals surface area contributed by atoms with Crippen LogP contribution in [0.3, 0.4) is 0 Å². The maximum atomic E-state index is 12.9. The number of carbonyl (C=O) groups excluding carboxylic acids is 1. The molecule has 3 rings (SSSR count). The van der Waals surface area contributed by atoms with Crippen LogP contribution in [0.1, 0.15) is 69.1 Å². The molecule has 2 aromatic heterocycles. The lowest BCUT2D eigenvalue weighted by molar-refractivity contribution is 0.0789. The second-order valence-corrected chi connectivity index (χ2v) is 12.2. The third-order valence-electron chi connectivity index (χ3n) is 5.20. The molecule has 0 aliphatic heterocycles. The van der Waals surface area contributed by atoms with Crippen molar-refractivity contribution < 1.29 is 14.1 Å². The highest BCUT2D eigenvalue weighted by Gasteiger charge is 2.28. The number of anilines is 1. The van der Waals surface area contributed by atoms with Crippen LogP contribution >= 0.6 is 11.3 Å². The Kier molecular flexibility index (Phi) is 5.87. The third-order valence-corrected chi connectivity index (χ3v) is 8.06. The molecule has 0 bridgehead atoms. The van der Waals surface area contributed by atoms with E-state index in [1.807, 2.05) is 6.92 Å². The predicted molar refractivity (Wildman–Crippen MR) is 121 cm³/mol. The lowest BCUT2D eigenvalue weighted by Gasteiger charge is -2.24. The summed E-state index contributed by atoms with van der Waals surface area (Å²) in [4.78, 5) is 17.6. The number of aryl methyl sites for hydroxylation is 1. The van der Waals surface area contributed by atoms with E-state index in [9.17, 15) is 14.1 Å².